The summed E-state index contributed by atoms with van der Waals surface area (Å²) in [6.07, 6.45) is 2.48. The highest BCUT2D eigenvalue weighted by atomic mass is 79.9. The van der Waals surface area contributed by atoms with Gasteiger partial charge in [-0.15, -0.1) is 0 Å². The molecular weight excluding hydrogens is 244 g/mol. The summed E-state index contributed by atoms with van der Waals surface area (Å²) in [5, 5.41) is 2.87. The molecule has 1 aliphatic carbocycles. The summed E-state index contributed by atoms with van der Waals surface area (Å²) in [7, 11) is 0. The zero-order valence-corrected chi connectivity index (χ0v) is 9.25. The predicted octanol–water partition coefficient (Wildman–Crippen LogP) is 1.98. The maximum Gasteiger partial charge on any atom is 0.269 e. The lowest BCUT2D eigenvalue weighted by Crippen LogP contribution is -2.26. The second-order valence-corrected chi connectivity index (χ2v) is 4.31. The number of nitrogens with one attached hydrogen (secondary N) is 1. The molecule has 1 fully saturated rings. The molecule has 1 aromatic rings. The first-order valence-electron chi connectivity index (χ1n) is 4.66. The largest absolute Gasteiger partial charge is 0.350 e. The number of rotatable bonds is 3. The van der Waals surface area contributed by atoms with Gasteiger partial charge in [0.25, 0.3) is 5.91 Å². The van der Waals surface area contributed by atoms with Crippen molar-refractivity contribution >= 4 is 21.8 Å². The number of aromatic nitrogens is 1. The minimum atomic E-state index is -0.0850. The fourth-order valence-electron chi connectivity index (χ4n) is 1.18. The summed E-state index contributed by atoms with van der Waals surface area (Å²) in [6.45, 7) is 0.785. The molecule has 74 valence electrons. The Morgan fingerprint density at radius 3 is 3.00 bits per heavy atom. The number of pyridine rings is 1. The van der Waals surface area contributed by atoms with Crippen molar-refractivity contribution < 1.29 is 4.79 Å². The molecule has 0 saturated heterocycles. The molecule has 0 radical (unpaired) electrons. The molecule has 1 heterocycles. The third kappa shape index (κ3) is 2.54. The Morgan fingerprint density at radius 1 is 1.57 bits per heavy atom. The Labute approximate surface area is 91.0 Å². The number of carbonyl (C=O) groups excluding carboxylic acids is 1. The quantitative estimate of drug-likeness (QED) is 0.839. The maximum absolute atomic E-state index is 11.5. The van der Waals surface area contributed by atoms with Crippen molar-refractivity contribution in [3.63, 3.8) is 0 Å². The second kappa shape index (κ2) is 4.09. The van der Waals surface area contributed by atoms with E-state index in [1.165, 1.54) is 12.8 Å². The topological polar surface area (TPSA) is 42.0 Å². The van der Waals surface area contributed by atoms with Gasteiger partial charge in [0.2, 0.25) is 0 Å². The monoisotopic (exact) mass is 254 g/mol. The van der Waals surface area contributed by atoms with Gasteiger partial charge in [-0.05, 0) is 46.8 Å². The van der Waals surface area contributed by atoms with Crippen LogP contribution in [0.15, 0.2) is 22.8 Å². The third-order valence-electron chi connectivity index (χ3n) is 2.20. The Kier molecular flexibility index (Phi) is 2.82. The van der Waals surface area contributed by atoms with Gasteiger partial charge in [0, 0.05) is 6.54 Å². The molecule has 0 atom stereocenters. The van der Waals surface area contributed by atoms with Crippen LogP contribution in [0.25, 0.3) is 0 Å². The molecule has 0 bridgehead atoms. The van der Waals surface area contributed by atoms with Crippen LogP contribution in [-0.2, 0) is 0 Å². The molecule has 0 spiro atoms. The third-order valence-corrected chi connectivity index (χ3v) is 2.64. The van der Waals surface area contributed by atoms with Gasteiger partial charge in [0.1, 0.15) is 10.3 Å². The standard InChI is InChI=1S/C10H11BrN2O/c11-9-3-1-2-8(13-9)10(14)12-6-7-4-5-7/h1-3,7H,4-6H2,(H,12,14). The smallest absolute Gasteiger partial charge is 0.269 e. The summed E-state index contributed by atoms with van der Waals surface area (Å²) < 4.78 is 0.691. The van der Waals surface area contributed by atoms with Crippen LogP contribution in [0.4, 0.5) is 0 Å². The van der Waals surface area contributed by atoms with Gasteiger partial charge >= 0.3 is 0 Å². The van der Waals surface area contributed by atoms with Crippen molar-refractivity contribution in [1.82, 2.24) is 10.3 Å². The minimum Gasteiger partial charge on any atom is -0.350 e. The van der Waals surface area contributed by atoms with E-state index in [0.717, 1.165) is 6.54 Å². The Balaban J connectivity index is 1.95. The molecule has 1 saturated carbocycles. The van der Waals surface area contributed by atoms with Gasteiger partial charge in [-0.25, -0.2) is 4.98 Å². The highest BCUT2D eigenvalue weighted by molar-refractivity contribution is 9.10. The van der Waals surface area contributed by atoms with Crippen LogP contribution < -0.4 is 5.32 Å². The van der Waals surface area contributed by atoms with E-state index < -0.39 is 0 Å². The van der Waals surface area contributed by atoms with Crippen LogP contribution in [0.3, 0.4) is 0 Å². The molecule has 1 N–H and O–H groups in total. The molecule has 0 aliphatic heterocycles. The molecule has 14 heavy (non-hydrogen) atoms. The van der Waals surface area contributed by atoms with Gasteiger partial charge < -0.3 is 5.32 Å². The molecule has 1 amide bonds. The van der Waals surface area contributed by atoms with Gasteiger partial charge in [-0.3, -0.25) is 4.79 Å². The van der Waals surface area contributed by atoms with Crippen LogP contribution in [0.5, 0.6) is 0 Å². The summed E-state index contributed by atoms with van der Waals surface area (Å²) in [5.41, 5.74) is 0.472. The van der Waals surface area contributed by atoms with Crippen molar-refractivity contribution in [2.24, 2.45) is 5.92 Å². The number of halogens is 1. The zero-order chi connectivity index (χ0) is 9.97. The van der Waals surface area contributed by atoms with Crippen molar-refractivity contribution in [1.29, 1.82) is 0 Å². The molecule has 0 unspecified atom stereocenters. The van der Waals surface area contributed by atoms with E-state index in [2.05, 4.69) is 26.2 Å². The molecule has 2 rings (SSSR count). The Morgan fingerprint density at radius 2 is 2.36 bits per heavy atom. The average Bonchev–Trinajstić information content (AvgIpc) is 2.97. The van der Waals surface area contributed by atoms with E-state index in [4.69, 9.17) is 0 Å². The lowest BCUT2D eigenvalue weighted by Gasteiger charge is -2.02. The van der Waals surface area contributed by atoms with Gasteiger partial charge in [0.15, 0.2) is 0 Å². The van der Waals surface area contributed by atoms with Crippen molar-refractivity contribution in [2.45, 2.75) is 12.8 Å². The first-order valence-corrected chi connectivity index (χ1v) is 5.46. The van der Waals surface area contributed by atoms with E-state index in [1.807, 2.05) is 6.07 Å². The SMILES string of the molecule is O=C(NCC1CC1)c1cccc(Br)n1. The lowest BCUT2D eigenvalue weighted by atomic mass is 10.3. The van der Waals surface area contributed by atoms with Crippen molar-refractivity contribution in [3.05, 3.63) is 28.5 Å². The first kappa shape index (κ1) is 9.65. The number of amides is 1. The summed E-state index contributed by atoms with van der Waals surface area (Å²) in [5.74, 6) is 0.615. The van der Waals surface area contributed by atoms with Crippen LogP contribution >= 0.6 is 15.9 Å². The molecule has 0 aromatic carbocycles. The van der Waals surface area contributed by atoms with Crippen LogP contribution in [0.1, 0.15) is 23.3 Å². The zero-order valence-electron chi connectivity index (χ0n) is 7.66. The normalized spacial score (nSPS) is 15.2. The molecule has 1 aromatic heterocycles. The highest BCUT2D eigenvalue weighted by Gasteiger charge is 2.22. The molecule has 4 heteroatoms. The Hall–Kier alpha value is -0.900. The lowest BCUT2D eigenvalue weighted by molar-refractivity contribution is 0.0946. The Bertz CT molecular complexity index is 350. The fraction of sp³-hybridized carbons (Fsp3) is 0.400. The van der Waals surface area contributed by atoms with Gasteiger partial charge in [-0.2, -0.15) is 0 Å². The van der Waals surface area contributed by atoms with Crippen molar-refractivity contribution in [2.75, 3.05) is 6.54 Å². The van der Waals surface area contributed by atoms with E-state index in [-0.39, 0.29) is 5.91 Å². The summed E-state index contributed by atoms with van der Waals surface area (Å²) in [6, 6.07) is 5.33. The molecular formula is C10H11BrN2O. The number of nitrogens with zero attached hydrogens (tertiary/aromatic N) is 1. The predicted molar refractivity (Wildman–Crippen MR) is 57.0 cm³/mol. The first-order chi connectivity index (χ1) is 6.75. The highest BCUT2D eigenvalue weighted by Crippen LogP contribution is 2.27. The van der Waals surface area contributed by atoms with Crippen LogP contribution in [-0.4, -0.2) is 17.4 Å². The number of hydrogen-bond acceptors (Lipinski definition) is 2. The molecule has 1 aliphatic rings. The van der Waals surface area contributed by atoms with E-state index >= 15 is 0 Å². The van der Waals surface area contributed by atoms with E-state index in [0.29, 0.717) is 16.2 Å². The minimum absolute atomic E-state index is 0.0850. The maximum atomic E-state index is 11.5. The summed E-state index contributed by atoms with van der Waals surface area (Å²) in [4.78, 5) is 15.6. The molecule has 3 nitrogen and oxygen atoms in total. The average molecular weight is 255 g/mol. The van der Waals surface area contributed by atoms with E-state index in [1.54, 1.807) is 12.1 Å². The van der Waals surface area contributed by atoms with Crippen LogP contribution in [0.2, 0.25) is 0 Å². The van der Waals surface area contributed by atoms with E-state index in [9.17, 15) is 4.79 Å². The van der Waals surface area contributed by atoms with Crippen LogP contribution in [0, 0.1) is 5.92 Å². The number of hydrogen-bond donors (Lipinski definition) is 1. The number of carbonyl (C=O) groups is 1. The van der Waals surface area contributed by atoms with Crippen molar-refractivity contribution in [3.8, 4) is 0 Å². The fourth-order valence-corrected chi connectivity index (χ4v) is 1.53. The van der Waals surface area contributed by atoms with Gasteiger partial charge in [-0.1, -0.05) is 6.07 Å². The summed E-state index contributed by atoms with van der Waals surface area (Å²) >= 11 is 3.23. The second-order valence-electron chi connectivity index (χ2n) is 3.50. The van der Waals surface area contributed by atoms with Gasteiger partial charge in [0.05, 0.1) is 0 Å².